The van der Waals surface area contributed by atoms with E-state index in [-0.39, 0.29) is 0 Å². The van der Waals surface area contributed by atoms with E-state index >= 15 is 0 Å². The summed E-state index contributed by atoms with van der Waals surface area (Å²) in [6.45, 7) is 7.00. The minimum atomic E-state index is 0.593. The summed E-state index contributed by atoms with van der Waals surface area (Å²) in [6, 6.07) is 16.5. The third kappa shape index (κ3) is 5.90. The van der Waals surface area contributed by atoms with Crippen LogP contribution < -0.4 is 10.1 Å². The zero-order valence-electron chi connectivity index (χ0n) is 12.6. The molecule has 21 heavy (non-hydrogen) atoms. The Labute approximate surface area is 135 Å². The lowest BCUT2D eigenvalue weighted by Gasteiger charge is -2.09. The zero-order chi connectivity index (χ0) is 15.1. The largest absolute Gasteiger partial charge is 0.489 e. The highest BCUT2D eigenvalue weighted by atomic mass is 79.9. The lowest BCUT2D eigenvalue weighted by atomic mass is 10.1. The highest BCUT2D eigenvalue weighted by molar-refractivity contribution is 9.10. The summed E-state index contributed by atoms with van der Waals surface area (Å²) >= 11 is 3.45. The average Bonchev–Trinajstić information content (AvgIpc) is 2.46. The van der Waals surface area contributed by atoms with Gasteiger partial charge in [0.2, 0.25) is 0 Å². The van der Waals surface area contributed by atoms with Crippen LogP contribution in [0.25, 0.3) is 0 Å². The van der Waals surface area contributed by atoms with E-state index < -0.39 is 0 Å². The van der Waals surface area contributed by atoms with Crippen molar-refractivity contribution in [1.29, 1.82) is 0 Å². The molecule has 2 aromatic carbocycles. The van der Waals surface area contributed by atoms with E-state index in [0.29, 0.717) is 12.5 Å². The molecule has 0 atom stereocenters. The first-order chi connectivity index (χ1) is 10.1. The molecule has 0 bridgehead atoms. The Hall–Kier alpha value is -1.32. The lowest BCUT2D eigenvalue weighted by Crippen LogP contribution is -2.18. The molecule has 2 rings (SSSR count). The number of rotatable bonds is 7. The summed E-state index contributed by atoms with van der Waals surface area (Å²) in [7, 11) is 0. The molecule has 0 radical (unpaired) electrons. The van der Waals surface area contributed by atoms with Crippen molar-refractivity contribution in [2.75, 3.05) is 6.54 Å². The van der Waals surface area contributed by atoms with Gasteiger partial charge in [-0.15, -0.1) is 0 Å². The molecule has 0 heterocycles. The highest BCUT2D eigenvalue weighted by Crippen LogP contribution is 2.19. The molecule has 1 N–H and O–H groups in total. The normalized spacial score (nSPS) is 10.9. The van der Waals surface area contributed by atoms with Gasteiger partial charge in [0.1, 0.15) is 12.4 Å². The van der Waals surface area contributed by atoms with Crippen molar-refractivity contribution in [3.63, 3.8) is 0 Å². The number of hydrogen-bond donors (Lipinski definition) is 1. The van der Waals surface area contributed by atoms with Crippen LogP contribution >= 0.6 is 15.9 Å². The van der Waals surface area contributed by atoms with Gasteiger partial charge < -0.3 is 10.1 Å². The molecule has 0 fully saturated rings. The Morgan fingerprint density at radius 2 is 1.76 bits per heavy atom. The van der Waals surface area contributed by atoms with Crippen LogP contribution in [0.1, 0.15) is 25.0 Å². The summed E-state index contributed by atoms with van der Waals surface area (Å²) in [5.41, 5.74) is 2.49. The Balaban J connectivity index is 1.82. The minimum absolute atomic E-state index is 0.593. The Morgan fingerprint density at radius 1 is 1.05 bits per heavy atom. The van der Waals surface area contributed by atoms with Gasteiger partial charge in [-0.2, -0.15) is 0 Å². The fraction of sp³-hybridized carbons (Fsp3) is 0.333. The van der Waals surface area contributed by atoms with Crippen LogP contribution in [0.2, 0.25) is 0 Å². The summed E-state index contributed by atoms with van der Waals surface area (Å²) in [5, 5.41) is 3.45. The first-order valence-corrected chi connectivity index (χ1v) is 8.09. The SMILES string of the molecule is CC(C)CNCc1ccc(COc2cccc(Br)c2)cc1. The molecule has 0 aliphatic rings. The van der Waals surface area contributed by atoms with E-state index in [2.05, 4.69) is 59.4 Å². The van der Waals surface area contributed by atoms with Crippen LogP contribution in [0.4, 0.5) is 0 Å². The zero-order valence-corrected chi connectivity index (χ0v) is 14.2. The molecular formula is C18H22BrNO. The molecule has 3 heteroatoms. The van der Waals surface area contributed by atoms with Crippen LogP contribution in [0.5, 0.6) is 5.75 Å². The van der Waals surface area contributed by atoms with Crippen LogP contribution in [-0.2, 0) is 13.2 Å². The second-order valence-corrected chi connectivity index (χ2v) is 6.50. The third-order valence-corrected chi connectivity index (χ3v) is 3.60. The number of benzene rings is 2. The fourth-order valence-electron chi connectivity index (χ4n) is 1.98. The first-order valence-electron chi connectivity index (χ1n) is 7.30. The lowest BCUT2D eigenvalue weighted by molar-refractivity contribution is 0.306. The van der Waals surface area contributed by atoms with Crippen molar-refractivity contribution >= 4 is 15.9 Å². The smallest absolute Gasteiger partial charge is 0.120 e. The van der Waals surface area contributed by atoms with Crippen LogP contribution in [0, 0.1) is 5.92 Å². The third-order valence-electron chi connectivity index (χ3n) is 3.11. The van der Waals surface area contributed by atoms with Crippen molar-refractivity contribution in [2.45, 2.75) is 27.0 Å². The molecule has 0 spiro atoms. The Kier molecular flexibility index (Phi) is 6.27. The van der Waals surface area contributed by atoms with Crippen molar-refractivity contribution in [3.8, 4) is 5.75 Å². The molecular weight excluding hydrogens is 326 g/mol. The van der Waals surface area contributed by atoms with E-state index in [9.17, 15) is 0 Å². The average molecular weight is 348 g/mol. The standard InChI is InChI=1S/C18H22BrNO/c1-14(2)11-20-12-15-6-8-16(9-7-15)13-21-18-5-3-4-17(19)10-18/h3-10,14,20H,11-13H2,1-2H3. The van der Waals surface area contributed by atoms with E-state index in [0.717, 1.165) is 23.3 Å². The molecule has 0 saturated heterocycles. The maximum Gasteiger partial charge on any atom is 0.120 e. The van der Waals surface area contributed by atoms with Crippen LogP contribution in [0.3, 0.4) is 0 Å². The van der Waals surface area contributed by atoms with Crippen molar-refractivity contribution in [1.82, 2.24) is 5.32 Å². The van der Waals surface area contributed by atoms with Gasteiger partial charge in [-0.1, -0.05) is 60.1 Å². The molecule has 2 aromatic rings. The molecule has 0 aliphatic heterocycles. The predicted octanol–water partition coefficient (Wildman–Crippen LogP) is 4.77. The molecule has 0 amide bonds. The quantitative estimate of drug-likeness (QED) is 0.778. The van der Waals surface area contributed by atoms with Gasteiger partial charge in [-0.3, -0.25) is 0 Å². The van der Waals surface area contributed by atoms with Crippen molar-refractivity contribution < 1.29 is 4.74 Å². The topological polar surface area (TPSA) is 21.3 Å². The Morgan fingerprint density at radius 3 is 2.43 bits per heavy atom. The van der Waals surface area contributed by atoms with Crippen molar-refractivity contribution in [2.24, 2.45) is 5.92 Å². The van der Waals surface area contributed by atoms with Gasteiger partial charge in [0.25, 0.3) is 0 Å². The van der Waals surface area contributed by atoms with Gasteiger partial charge >= 0.3 is 0 Å². The number of halogens is 1. The number of hydrogen-bond acceptors (Lipinski definition) is 2. The first kappa shape index (κ1) is 16.1. The summed E-state index contributed by atoms with van der Waals surface area (Å²) < 4.78 is 6.81. The van der Waals surface area contributed by atoms with E-state index in [1.165, 1.54) is 11.1 Å². The molecule has 0 aliphatic carbocycles. The predicted molar refractivity (Wildman–Crippen MR) is 91.5 cm³/mol. The molecule has 0 aromatic heterocycles. The van der Waals surface area contributed by atoms with Gasteiger partial charge in [0.05, 0.1) is 0 Å². The van der Waals surface area contributed by atoms with E-state index in [4.69, 9.17) is 4.74 Å². The maximum atomic E-state index is 5.78. The molecule has 2 nitrogen and oxygen atoms in total. The molecule has 0 unspecified atom stereocenters. The summed E-state index contributed by atoms with van der Waals surface area (Å²) in [4.78, 5) is 0. The minimum Gasteiger partial charge on any atom is -0.489 e. The number of ether oxygens (including phenoxy) is 1. The fourth-order valence-corrected chi connectivity index (χ4v) is 2.36. The monoisotopic (exact) mass is 347 g/mol. The van der Waals surface area contributed by atoms with Gasteiger partial charge in [-0.05, 0) is 41.8 Å². The Bertz CT molecular complexity index is 551. The summed E-state index contributed by atoms with van der Waals surface area (Å²) in [6.07, 6.45) is 0. The molecule has 112 valence electrons. The van der Waals surface area contributed by atoms with Crippen molar-refractivity contribution in [3.05, 3.63) is 64.1 Å². The number of nitrogens with one attached hydrogen (secondary N) is 1. The van der Waals surface area contributed by atoms with Gasteiger partial charge in [0, 0.05) is 11.0 Å². The molecule has 0 saturated carbocycles. The van der Waals surface area contributed by atoms with E-state index in [1.54, 1.807) is 0 Å². The van der Waals surface area contributed by atoms with E-state index in [1.807, 2.05) is 24.3 Å². The summed E-state index contributed by atoms with van der Waals surface area (Å²) in [5.74, 6) is 1.56. The van der Waals surface area contributed by atoms with Crippen LogP contribution in [0.15, 0.2) is 53.0 Å². The van der Waals surface area contributed by atoms with Gasteiger partial charge in [0.15, 0.2) is 0 Å². The van der Waals surface area contributed by atoms with Crippen LogP contribution in [-0.4, -0.2) is 6.54 Å². The highest BCUT2D eigenvalue weighted by Gasteiger charge is 1.99. The maximum absolute atomic E-state index is 5.78. The second kappa shape index (κ2) is 8.20. The second-order valence-electron chi connectivity index (χ2n) is 5.59. The van der Waals surface area contributed by atoms with Gasteiger partial charge in [-0.25, -0.2) is 0 Å².